The van der Waals surface area contributed by atoms with Gasteiger partial charge in [0.25, 0.3) is 0 Å². The minimum atomic E-state index is 0.914. The van der Waals surface area contributed by atoms with Crippen LogP contribution in [0.2, 0.25) is 0 Å². The highest BCUT2D eigenvalue weighted by molar-refractivity contribution is 9.11. The Balaban J connectivity index is 1.83. The number of aromatic nitrogens is 1. The molecule has 2 rings (SSSR count). The van der Waals surface area contributed by atoms with Crippen molar-refractivity contribution >= 4 is 27.3 Å². The first kappa shape index (κ1) is 10.9. The Morgan fingerprint density at radius 1 is 1.47 bits per heavy atom. The zero-order chi connectivity index (χ0) is 10.7. The van der Waals surface area contributed by atoms with Crippen LogP contribution in [0.25, 0.3) is 0 Å². The summed E-state index contributed by atoms with van der Waals surface area (Å²) in [6, 6.07) is 6.36. The molecule has 15 heavy (non-hydrogen) atoms. The maximum atomic E-state index is 3.46. The maximum absolute atomic E-state index is 3.46. The summed E-state index contributed by atoms with van der Waals surface area (Å²) in [5.41, 5.74) is 2.64. The molecule has 2 aromatic heterocycles. The van der Waals surface area contributed by atoms with Crippen LogP contribution in [0.15, 0.2) is 33.6 Å². The predicted octanol–water partition coefficient (Wildman–Crippen LogP) is 3.14. The second-order valence-corrected chi connectivity index (χ2v) is 5.76. The number of hydrogen-bond acceptors (Lipinski definition) is 2. The van der Waals surface area contributed by atoms with Crippen LogP contribution in [-0.4, -0.2) is 4.57 Å². The molecule has 0 radical (unpaired) electrons. The van der Waals surface area contributed by atoms with E-state index < -0.39 is 0 Å². The summed E-state index contributed by atoms with van der Waals surface area (Å²) in [7, 11) is 2.07. The predicted molar refractivity (Wildman–Crippen MR) is 68.0 cm³/mol. The fraction of sp³-hybridized carbons (Fsp3) is 0.273. The zero-order valence-electron chi connectivity index (χ0n) is 8.53. The van der Waals surface area contributed by atoms with Crippen LogP contribution in [-0.2, 0) is 20.1 Å². The second kappa shape index (κ2) is 4.96. The summed E-state index contributed by atoms with van der Waals surface area (Å²) in [6.07, 6.45) is 2.07. The van der Waals surface area contributed by atoms with E-state index in [9.17, 15) is 0 Å². The van der Waals surface area contributed by atoms with Gasteiger partial charge in [-0.2, -0.15) is 0 Å². The number of rotatable bonds is 4. The van der Waals surface area contributed by atoms with E-state index in [0.29, 0.717) is 0 Å². The Morgan fingerprint density at radius 2 is 2.33 bits per heavy atom. The average Bonchev–Trinajstić information content (AvgIpc) is 2.77. The highest BCUT2D eigenvalue weighted by Gasteiger charge is 1.98. The van der Waals surface area contributed by atoms with Gasteiger partial charge in [0.1, 0.15) is 0 Å². The summed E-state index contributed by atoms with van der Waals surface area (Å²) in [4.78, 5) is 0. The molecule has 2 aromatic rings. The molecule has 0 aliphatic heterocycles. The first-order chi connectivity index (χ1) is 7.25. The van der Waals surface area contributed by atoms with Crippen LogP contribution in [0.5, 0.6) is 0 Å². The lowest BCUT2D eigenvalue weighted by atomic mass is 10.3. The van der Waals surface area contributed by atoms with Crippen molar-refractivity contribution in [2.24, 2.45) is 7.05 Å². The lowest BCUT2D eigenvalue weighted by molar-refractivity contribution is 0.656. The number of nitrogens with zero attached hydrogens (tertiary/aromatic N) is 1. The fourth-order valence-corrected chi connectivity index (χ4v) is 2.66. The van der Waals surface area contributed by atoms with E-state index in [4.69, 9.17) is 0 Å². The van der Waals surface area contributed by atoms with Gasteiger partial charge in [-0.05, 0) is 45.1 Å². The van der Waals surface area contributed by atoms with Crippen molar-refractivity contribution < 1.29 is 0 Å². The molecule has 80 valence electrons. The molecular formula is C11H13BrN2S. The monoisotopic (exact) mass is 284 g/mol. The van der Waals surface area contributed by atoms with Gasteiger partial charge in [-0.3, -0.25) is 0 Å². The van der Waals surface area contributed by atoms with E-state index >= 15 is 0 Å². The molecule has 2 heterocycles. The van der Waals surface area contributed by atoms with Gasteiger partial charge in [-0.15, -0.1) is 11.3 Å². The normalized spacial score (nSPS) is 10.8. The van der Waals surface area contributed by atoms with E-state index in [2.05, 4.69) is 62.6 Å². The third kappa shape index (κ3) is 2.93. The molecule has 0 saturated heterocycles. The molecule has 0 saturated carbocycles. The Labute approximate surface area is 102 Å². The Kier molecular flexibility index (Phi) is 3.61. The summed E-state index contributed by atoms with van der Waals surface area (Å²) < 4.78 is 3.33. The van der Waals surface area contributed by atoms with Crippen molar-refractivity contribution in [1.82, 2.24) is 9.88 Å². The van der Waals surface area contributed by atoms with Crippen LogP contribution >= 0.6 is 27.3 Å². The minimum Gasteiger partial charge on any atom is -0.353 e. The molecule has 0 unspecified atom stereocenters. The molecular weight excluding hydrogens is 272 g/mol. The van der Waals surface area contributed by atoms with Crippen molar-refractivity contribution in [3.05, 3.63) is 44.8 Å². The number of halogens is 1. The lowest BCUT2D eigenvalue weighted by Crippen LogP contribution is -2.14. The maximum Gasteiger partial charge on any atom is 0.0701 e. The minimum absolute atomic E-state index is 0.914. The highest BCUT2D eigenvalue weighted by atomic mass is 79.9. The summed E-state index contributed by atoms with van der Waals surface area (Å²) >= 11 is 5.19. The molecule has 0 amide bonds. The topological polar surface area (TPSA) is 17.0 Å². The van der Waals surface area contributed by atoms with E-state index in [1.807, 2.05) is 0 Å². The quantitative estimate of drug-likeness (QED) is 0.913. The standard InChI is InChI=1S/C11H13BrN2S/c1-14-4-2-3-10(14)7-13-6-9-5-11(12)15-8-9/h2-5,8,13H,6-7H2,1H3. The molecule has 0 aliphatic carbocycles. The number of aryl methyl sites for hydroxylation is 1. The van der Waals surface area contributed by atoms with Gasteiger partial charge in [0, 0.05) is 32.0 Å². The Hall–Kier alpha value is -0.580. The van der Waals surface area contributed by atoms with Crippen LogP contribution < -0.4 is 5.32 Å². The van der Waals surface area contributed by atoms with Gasteiger partial charge < -0.3 is 9.88 Å². The molecule has 0 aromatic carbocycles. The van der Waals surface area contributed by atoms with E-state index in [0.717, 1.165) is 13.1 Å². The van der Waals surface area contributed by atoms with E-state index in [-0.39, 0.29) is 0 Å². The third-order valence-corrected chi connectivity index (χ3v) is 3.86. The molecule has 0 aliphatic rings. The zero-order valence-corrected chi connectivity index (χ0v) is 10.9. The molecule has 4 heteroatoms. The van der Waals surface area contributed by atoms with Gasteiger partial charge in [-0.1, -0.05) is 0 Å². The Morgan fingerprint density at radius 3 is 2.93 bits per heavy atom. The van der Waals surface area contributed by atoms with Crippen LogP contribution in [0.4, 0.5) is 0 Å². The fourth-order valence-electron chi connectivity index (χ4n) is 1.45. The van der Waals surface area contributed by atoms with E-state index in [1.165, 1.54) is 15.0 Å². The summed E-state index contributed by atoms with van der Waals surface area (Å²) in [5.74, 6) is 0. The second-order valence-electron chi connectivity index (χ2n) is 3.47. The van der Waals surface area contributed by atoms with Gasteiger partial charge in [-0.25, -0.2) is 0 Å². The summed E-state index contributed by atoms with van der Waals surface area (Å²) in [5, 5.41) is 5.59. The van der Waals surface area contributed by atoms with Crippen molar-refractivity contribution in [1.29, 1.82) is 0 Å². The molecule has 0 fully saturated rings. The van der Waals surface area contributed by atoms with Crippen molar-refractivity contribution in [2.45, 2.75) is 13.1 Å². The molecule has 1 N–H and O–H groups in total. The smallest absolute Gasteiger partial charge is 0.0701 e. The molecule has 0 bridgehead atoms. The molecule has 2 nitrogen and oxygen atoms in total. The SMILES string of the molecule is Cn1cccc1CNCc1csc(Br)c1. The third-order valence-electron chi connectivity index (χ3n) is 2.31. The molecule has 0 atom stereocenters. The average molecular weight is 285 g/mol. The molecule has 0 spiro atoms. The number of thiophene rings is 1. The highest BCUT2D eigenvalue weighted by Crippen LogP contribution is 2.20. The number of hydrogen-bond donors (Lipinski definition) is 1. The van der Waals surface area contributed by atoms with Crippen LogP contribution in [0, 0.1) is 0 Å². The summed E-state index contributed by atoms with van der Waals surface area (Å²) in [6.45, 7) is 1.84. The largest absolute Gasteiger partial charge is 0.353 e. The first-order valence-corrected chi connectivity index (χ1v) is 6.47. The lowest BCUT2D eigenvalue weighted by Gasteiger charge is -2.04. The number of nitrogens with one attached hydrogen (secondary N) is 1. The van der Waals surface area contributed by atoms with Gasteiger partial charge in [0.05, 0.1) is 3.79 Å². The van der Waals surface area contributed by atoms with Crippen molar-refractivity contribution in [3.8, 4) is 0 Å². The van der Waals surface area contributed by atoms with Crippen LogP contribution in [0.3, 0.4) is 0 Å². The van der Waals surface area contributed by atoms with Gasteiger partial charge >= 0.3 is 0 Å². The Bertz CT molecular complexity index is 433. The van der Waals surface area contributed by atoms with Gasteiger partial charge in [0.15, 0.2) is 0 Å². The van der Waals surface area contributed by atoms with Crippen molar-refractivity contribution in [3.63, 3.8) is 0 Å². The van der Waals surface area contributed by atoms with Crippen LogP contribution in [0.1, 0.15) is 11.3 Å². The van der Waals surface area contributed by atoms with E-state index in [1.54, 1.807) is 11.3 Å². The van der Waals surface area contributed by atoms with Crippen molar-refractivity contribution in [2.75, 3.05) is 0 Å². The van der Waals surface area contributed by atoms with Gasteiger partial charge in [0.2, 0.25) is 0 Å². The first-order valence-electron chi connectivity index (χ1n) is 4.79.